The molecule has 1 aliphatic rings. The summed E-state index contributed by atoms with van der Waals surface area (Å²) in [5.41, 5.74) is 0.567. The van der Waals surface area contributed by atoms with Gasteiger partial charge in [-0.05, 0) is 40.6 Å². The van der Waals surface area contributed by atoms with Crippen molar-refractivity contribution in [3.63, 3.8) is 0 Å². The Morgan fingerprint density at radius 3 is 2.74 bits per heavy atom. The smallest absolute Gasteiger partial charge is 0.311 e. The summed E-state index contributed by atoms with van der Waals surface area (Å²) < 4.78 is 0.644. The Labute approximate surface area is 121 Å². The van der Waals surface area contributed by atoms with Crippen molar-refractivity contribution in [2.45, 2.75) is 32.6 Å². The van der Waals surface area contributed by atoms with Crippen molar-refractivity contribution >= 4 is 27.3 Å². The van der Waals surface area contributed by atoms with Gasteiger partial charge in [0.25, 0.3) is 0 Å². The first-order chi connectivity index (χ1) is 9.08. The summed E-state index contributed by atoms with van der Waals surface area (Å²) in [5, 5.41) is 14.2. The molecule has 1 heterocycles. The van der Waals surface area contributed by atoms with Gasteiger partial charge in [-0.1, -0.05) is 19.8 Å². The molecule has 104 valence electrons. The van der Waals surface area contributed by atoms with Gasteiger partial charge in [0.2, 0.25) is 0 Å². The number of nitrogens with zero attached hydrogens (tertiary/aromatic N) is 2. The summed E-state index contributed by atoms with van der Waals surface area (Å²) in [5.74, 6) is 1.43. The van der Waals surface area contributed by atoms with Gasteiger partial charge in [0.05, 0.1) is 9.40 Å². The third kappa shape index (κ3) is 3.65. The Hall–Kier alpha value is -1.17. The highest BCUT2D eigenvalue weighted by molar-refractivity contribution is 9.10. The molecule has 0 saturated heterocycles. The Bertz CT molecular complexity index is 459. The highest BCUT2D eigenvalue weighted by Gasteiger charge is 2.21. The molecule has 1 saturated carbocycles. The summed E-state index contributed by atoms with van der Waals surface area (Å²) >= 11 is 3.32. The van der Waals surface area contributed by atoms with Crippen molar-refractivity contribution in [3.05, 3.63) is 27.0 Å². The van der Waals surface area contributed by atoms with E-state index >= 15 is 0 Å². The van der Waals surface area contributed by atoms with Crippen LogP contribution in [0.3, 0.4) is 0 Å². The molecule has 5 nitrogen and oxygen atoms in total. The van der Waals surface area contributed by atoms with E-state index in [9.17, 15) is 10.1 Å². The number of aromatic nitrogens is 1. The second-order valence-electron chi connectivity index (χ2n) is 5.28. The summed E-state index contributed by atoms with van der Waals surface area (Å²) in [6.45, 7) is 3.07. The number of hydrogen-bond donors (Lipinski definition) is 1. The highest BCUT2D eigenvalue weighted by Crippen LogP contribution is 2.33. The zero-order valence-electron chi connectivity index (χ0n) is 10.9. The Morgan fingerprint density at radius 2 is 2.11 bits per heavy atom. The molecule has 1 aliphatic carbocycles. The second-order valence-corrected chi connectivity index (χ2v) is 6.13. The number of hydrogen-bond acceptors (Lipinski definition) is 4. The van der Waals surface area contributed by atoms with Gasteiger partial charge in [-0.2, -0.15) is 0 Å². The Morgan fingerprint density at radius 1 is 1.42 bits per heavy atom. The van der Waals surface area contributed by atoms with Crippen LogP contribution in [0.4, 0.5) is 11.4 Å². The fourth-order valence-corrected chi connectivity index (χ4v) is 2.98. The maximum absolute atomic E-state index is 11.0. The molecule has 6 heteroatoms. The van der Waals surface area contributed by atoms with Crippen LogP contribution < -0.4 is 5.32 Å². The Balaban J connectivity index is 2.01. The lowest BCUT2D eigenvalue weighted by Gasteiger charge is -2.26. The summed E-state index contributed by atoms with van der Waals surface area (Å²) in [6.07, 6.45) is 7.78. The van der Waals surface area contributed by atoms with Crippen molar-refractivity contribution in [2.75, 3.05) is 11.9 Å². The summed E-state index contributed by atoms with van der Waals surface area (Å²) in [4.78, 5) is 14.4. The molecule has 0 aliphatic heterocycles. The van der Waals surface area contributed by atoms with Gasteiger partial charge in [-0.3, -0.25) is 15.1 Å². The van der Waals surface area contributed by atoms with Crippen LogP contribution in [0.1, 0.15) is 32.6 Å². The molecular formula is C13H18BrN3O2. The van der Waals surface area contributed by atoms with Gasteiger partial charge in [0, 0.05) is 12.7 Å². The number of anilines is 1. The first kappa shape index (κ1) is 14.2. The van der Waals surface area contributed by atoms with Gasteiger partial charge >= 0.3 is 5.69 Å². The quantitative estimate of drug-likeness (QED) is 0.670. The molecule has 2 rings (SSSR count). The van der Waals surface area contributed by atoms with Gasteiger partial charge in [0.1, 0.15) is 11.9 Å². The first-order valence-corrected chi connectivity index (χ1v) is 7.39. The maximum atomic E-state index is 11.0. The van der Waals surface area contributed by atoms with Gasteiger partial charge in [0.15, 0.2) is 0 Å². The van der Waals surface area contributed by atoms with Gasteiger partial charge in [-0.25, -0.2) is 0 Å². The van der Waals surface area contributed by atoms with Crippen LogP contribution in [0.5, 0.6) is 0 Å². The third-order valence-electron chi connectivity index (χ3n) is 3.78. The van der Waals surface area contributed by atoms with E-state index in [-0.39, 0.29) is 5.69 Å². The van der Waals surface area contributed by atoms with Crippen molar-refractivity contribution in [1.82, 2.24) is 4.98 Å². The summed E-state index contributed by atoms with van der Waals surface area (Å²) in [6, 6.07) is 0. The molecule has 1 fully saturated rings. The molecule has 0 unspecified atom stereocenters. The second kappa shape index (κ2) is 6.32. The average Bonchev–Trinajstić information content (AvgIpc) is 2.39. The fraction of sp³-hybridized carbons (Fsp3) is 0.615. The van der Waals surface area contributed by atoms with Crippen molar-refractivity contribution < 1.29 is 4.92 Å². The first-order valence-electron chi connectivity index (χ1n) is 6.59. The largest absolute Gasteiger partial charge is 0.378 e. The SMILES string of the molecule is CC1CCC(CNc2c(Br)cncc2[N+](=O)[O-])CC1. The maximum Gasteiger partial charge on any atom is 0.311 e. The van der Waals surface area contributed by atoms with Crippen LogP contribution in [-0.2, 0) is 0 Å². The molecule has 1 N–H and O–H groups in total. The van der Waals surface area contributed by atoms with E-state index in [4.69, 9.17) is 0 Å². The molecule has 0 amide bonds. The van der Waals surface area contributed by atoms with Crippen molar-refractivity contribution in [2.24, 2.45) is 11.8 Å². The van der Waals surface area contributed by atoms with E-state index in [1.807, 2.05) is 0 Å². The van der Waals surface area contributed by atoms with Crippen LogP contribution in [-0.4, -0.2) is 16.5 Å². The monoisotopic (exact) mass is 327 g/mol. The van der Waals surface area contributed by atoms with Crippen LogP contribution in [0.15, 0.2) is 16.9 Å². The highest BCUT2D eigenvalue weighted by atomic mass is 79.9. The van der Waals surface area contributed by atoms with Crippen LogP contribution in [0.2, 0.25) is 0 Å². The number of nitrogens with one attached hydrogen (secondary N) is 1. The predicted molar refractivity (Wildman–Crippen MR) is 78.2 cm³/mol. The van der Waals surface area contributed by atoms with Crippen LogP contribution >= 0.6 is 15.9 Å². The van der Waals surface area contributed by atoms with E-state index in [2.05, 4.69) is 33.2 Å². The van der Waals surface area contributed by atoms with E-state index in [1.165, 1.54) is 31.9 Å². The minimum atomic E-state index is -0.400. The molecule has 0 spiro atoms. The summed E-state index contributed by atoms with van der Waals surface area (Å²) in [7, 11) is 0. The van der Waals surface area contributed by atoms with E-state index < -0.39 is 4.92 Å². The van der Waals surface area contributed by atoms with Crippen LogP contribution in [0, 0.1) is 22.0 Å². The molecule has 0 radical (unpaired) electrons. The lowest BCUT2D eigenvalue weighted by molar-refractivity contribution is -0.384. The van der Waals surface area contributed by atoms with E-state index in [0.717, 1.165) is 12.5 Å². The number of nitro groups is 1. The molecule has 1 aromatic rings. The standard InChI is InChI=1S/C13H18BrN3O2/c1-9-2-4-10(5-3-9)6-16-13-11(14)7-15-8-12(13)17(18)19/h7-10H,2-6H2,1H3,(H,15,16). The topological polar surface area (TPSA) is 68.1 Å². The van der Waals surface area contributed by atoms with Crippen molar-refractivity contribution in [1.29, 1.82) is 0 Å². The number of halogens is 1. The fourth-order valence-electron chi connectivity index (χ4n) is 2.52. The van der Waals surface area contributed by atoms with E-state index in [1.54, 1.807) is 6.20 Å². The van der Waals surface area contributed by atoms with Gasteiger partial charge < -0.3 is 5.32 Å². The lowest BCUT2D eigenvalue weighted by atomic mass is 9.83. The normalized spacial score (nSPS) is 23.1. The minimum absolute atomic E-state index is 0.0264. The molecular weight excluding hydrogens is 310 g/mol. The molecule has 1 aromatic heterocycles. The average molecular weight is 328 g/mol. The number of rotatable bonds is 4. The van der Waals surface area contributed by atoms with E-state index in [0.29, 0.717) is 16.1 Å². The minimum Gasteiger partial charge on any atom is -0.378 e. The predicted octanol–water partition coefficient (Wildman–Crippen LogP) is 3.99. The lowest BCUT2D eigenvalue weighted by Crippen LogP contribution is -2.20. The number of pyridine rings is 1. The Kier molecular flexibility index (Phi) is 4.74. The zero-order valence-corrected chi connectivity index (χ0v) is 12.5. The van der Waals surface area contributed by atoms with Gasteiger partial charge in [-0.15, -0.1) is 0 Å². The molecule has 0 aromatic carbocycles. The zero-order chi connectivity index (χ0) is 13.8. The third-order valence-corrected chi connectivity index (χ3v) is 4.38. The molecule has 0 bridgehead atoms. The van der Waals surface area contributed by atoms with Crippen LogP contribution in [0.25, 0.3) is 0 Å². The van der Waals surface area contributed by atoms with Crippen molar-refractivity contribution in [3.8, 4) is 0 Å². The molecule has 0 atom stereocenters. The molecule has 19 heavy (non-hydrogen) atoms.